The van der Waals surface area contributed by atoms with Crippen LogP contribution < -0.4 is 20.9 Å². The number of hydrogen-bond donors (Lipinski definition) is 3. The molecule has 6 heteroatoms. The van der Waals surface area contributed by atoms with E-state index in [1.54, 1.807) is 6.20 Å². The molecule has 0 aliphatic carbocycles. The van der Waals surface area contributed by atoms with Gasteiger partial charge in [-0.2, -0.15) is 0 Å². The molecule has 0 atom stereocenters. The van der Waals surface area contributed by atoms with E-state index in [0.717, 1.165) is 11.3 Å². The summed E-state index contributed by atoms with van der Waals surface area (Å²) < 4.78 is 11.3. The van der Waals surface area contributed by atoms with Crippen molar-refractivity contribution in [2.45, 2.75) is 6.92 Å². The van der Waals surface area contributed by atoms with E-state index in [1.807, 2.05) is 55.5 Å². The fourth-order valence-electron chi connectivity index (χ4n) is 2.63. The van der Waals surface area contributed by atoms with Gasteiger partial charge >= 0.3 is 0 Å². The summed E-state index contributed by atoms with van der Waals surface area (Å²) in [4.78, 5) is 4.10. The Morgan fingerprint density at radius 1 is 1.04 bits per heavy atom. The molecule has 0 saturated carbocycles. The molecule has 0 unspecified atom stereocenters. The van der Waals surface area contributed by atoms with Gasteiger partial charge in [0.15, 0.2) is 0 Å². The lowest BCUT2D eigenvalue weighted by molar-refractivity contribution is 0.338. The highest BCUT2D eigenvalue weighted by Crippen LogP contribution is 2.30. The second-order valence-electron chi connectivity index (χ2n) is 5.60. The van der Waals surface area contributed by atoms with E-state index in [9.17, 15) is 0 Å². The standard InChI is InChI=1S/C20H20N4O2/c1-2-25-15-4-3-5-16(10-15)26-14-8-6-13(7-9-14)17-11-24-12-18(21)19(17)20(22)23/h3-12H,2,21H2,1H3,(H3,22,23). The first-order chi connectivity index (χ1) is 12.6. The fourth-order valence-corrected chi connectivity index (χ4v) is 2.63. The third kappa shape index (κ3) is 3.75. The molecule has 2 aromatic carbocycles. The Kier molecular flexibility index (Phi) is 5.03. The zero-order valence-electron chi connectivity index (χ0n) is 14.4. The van der Waals surface area contributed by atoms with Crippen LogP contribution in [0.5, 0.6) is 17.2 Å². The average Bonchev–Trinajstić information content (AvgIpc) is 2.62. The number of anilines is 1. The number of benzene rings is 2. The Balaban J connectivity index is 1.85. The molecule has 26 heavy (non-hydrogen) atoms. The minimum Gasteiger partial charge on any atom is -0.494 e. The van der Waals surface area contributed by atoms with Gasteiger partial charge in [-0.3, -0.25) is 10.4 Å². The number of aromatic nitrogens is 1. The molecule has 0 radical (unpaired) electrons. The maximum atomic E-state index is 7.74. The SMILES string of the molecule is CCOc1cccc(Oc2ccc(-c3cncc(N)c3C(=N)N)cc2)c1. The van der Waals surface area contributed by atoms with Gasteiger partial charge in [-0.25, -0.2) is 0 Å². The normalized spacial score (nSPS) is 10.3. The van der Waals surface area contributed by atoms with Crippen LogP contribution in [-0.2, 0) is 0 Å². The largest absolute Gasteiger partial charge is 0.494 e. The summed E-state index contributed by atoms with van der Waals surface area (Å²) in [6, 6.07) is 14.9. The Morgan fingerprint density at radius 3 is 2.46 bits per heavy atom. The van der Waals surface area contributed by atoms with Crippen molar-refractivity contribution >= 4 is 11.5 Å². The third-order valence-corrected chi connectivity index (χ3v) is 3.76. The van der Waals surface area contributed by atoms with E-state index in [-0.39, 0.29) is 5.84 Å². The number of amidine groups is 1. The molecule has 0 saturated heterocycles. The van der Waals surface area contributed by atoms with Crippen LogP contribution in [0, 0.1) is 5.41 Å². The van der Waals surface area contributed by atoms with Crippen molar-refractivity contribution in [3.63, 3.8) is 0 Å². The first-order valence-electron chi connectivity index (χ1n) is 8.17. The number of nitrogens with one attached hydrogen (secondary N) is 1. The average molecular weight is 348 g/mol. The highest BCUT2D eigenvalue weighted by molar-refractivity contribution is 6.05. The lowest BCUT2D eigenvalue weighted by Gasteiger charge is -2.12. The van der Waals surface area contributed by atoms with Crippen LogP contribution in [0.15, 0.2) is 60.9 Å². The summed E-state index contributed by atoms with van der Waals surface area (Å²) in [5.41, 5.74) is 14.0. The minimum absolute atomic E-state index is 0.0898. The summed E-state index contributed by atoms with van der Waals surface area (Å²) >= 11 is 0. The van der Waals surface area contributed by atoms with Crippen LogP contribution in [0.25, 0.3) is 11.1 Å². The smallest absolute Gasteiger partial charge is 0.131 e. The Labute approximate surface area is 151 Å². The summed E-state index contributed by atoms with van der Waals surface area (Å²) in [7, 11) is 0. The number of nitrogen functional groups attached to an aromatic ring is 2. The molecule has 1 aromatic heterocycles. The number of ether oxygens (including phenoxy) is 2. The summed E-state index contributed by atoms with van der Waals surface area (Å²) in [6.45, 7) is 2.54. The number of hydrogen-bond acceptors (Lipinski definition) is 5. The van der Waals surface area contributed by atoms with Gasteiger partial charge in [-0.1, -0.05) is 18.2 Å². The van der Waals surface area contributed by atoms with Crippen molar-refractivity contribution in [2.75, 3.05) is 12.3 Å². The fraction of sp³-hybridized carbons (Fsp3) is 0.100. The van der Waals surface area contributed by atoms with Gasteiger partial charge in [0.1, 0.15) is 23.1 Å². The monoisotopic (exact) mass is 348 g/mol. The highest BCUT2D eigenvalue weighted by Gasteiger charge is 2.12. The summed E-state index contributed by atoms with van der Waals surface area (Å²) in [6.07, 6.45) is 3.14. The quantitative estimate of drug-likeness (QED) is 0.464. The molecule has 0 aliphatic heterocycles. The third-order valence-electron chi connectivity index (χ3n) is 3.76. The van der Waals surface area contributed by atoms with Crippen LogP contribution in [0.3, 0.4) is 0 Å². The lowest BCUT2D eigenvalue weighted by Crippen LogP contribution is -2.15. The second-order valence-corrected chi connectivity index (χ2v) is 5.60. The van der Waals surface area contributed by atoms with E-state index in [0.29, 0.717) is 34.9 Å². The van der Waals surface area contributed by atoms with E-state index >= 15 is 0 Å². The predicted octanol–water partition coefficient (Wildman–Crippen LogP) is 3.81. The van der Waals surface area contributed by atoms with E-state index in [1.165, 1.54) is 6.20 Å². The number of nitrogens with two attached hydrogens (primary N) is 2. The topological polar surface area (TPSA) is 107 Å². The van der Waals surface area contributed by atoms with Crippen molar-refractivity contribution < 1.29 is 9.47 Å². The maximum Gasteiger partial charge on any atom is 0.131 e. The summed E-state index contributed by atoms with van der Waals surface area (Å²) in [5.74, 6) is 2.05. The Bertz CT molecular complexity index is 923. The lowest BCUT2D eigenvalue weighted by atomic mass is 10.00. The van der Waals surface area contributed by atoms with E-state index in [4.69, 9.17) is 26.4 Å². The maximum absolute atomic E-state index is 7.74. The number of pyridine rings is 1. The molecule has 0 bridgehead atoms. The van der Waals surface area contributed by atoms with Gasteiger partial charge in [0, 0.05) is 23.4 Å². The number of rotatable bonds is 6. The van der Waals surface area contributed by atoms with Gasteiger partial charge in [0.2, 0.25) is 0 Å². The van der Waals surface area contributed by atoms with Gasteiger partial charge in [0.05, 0.1) is 18.5 Å². The van der Waals surface area contributed by atoms with Crippen LogP contribution in [0.1, 0.15) is 12.5 Å². The van der Waals surface area contributed by atoms with Crippen molar-refractivity contribution in [1.82, 2.24) is 4.98 Å². The molecular formula is C20H20N4O2. The molecule has 3 aromatic rings. The van der Waals surface area contributed by atoms with E-state index in [2.05, 4.69) is 4.98 Å². The van der Waals surface area contributed by atoms with Crippen molar-refractivity contribution in [3.8, 4) is 28.4 Å². The van der Waals surface area contributed by atoms with Gasteiger partial charge in [0.25, 0.3) is 0 Å². The van der Waals surface area contributed by atoms with Crippen LogP contribution >= 0.6 is 0 Å². The van der Waals surface area contributed by atoms with Gasteiger partial charge in [-0.15, -0.1) is 0 Å². The number of nitrogens with zero attached hydrogens (tertiary/aromatic N) is 1. The molecule has 132 valence electrons. The first-order valence-corrected chi connectivity index (χ1v) is 8.17. The van der Waals surface area contributed by atoms with E-state index < -0.39 is 0 Å². The minimum atomic E-state index is -0.0898. The molecule has 3 rings (SSSR count). The zero-order valence-corrected chi connectivity index (χ0v) is 14.4. The molecule has 0 aliphatic rings. The molecule has 6 nitrogen and oxygen atoms in total. The molecule has 1 heterocycles. The van der Waals surface area contributed by atoms with Crippen LogP contribution in [0.4, 0.5) is 5.69 Å². The van der Waals surface area contributed by atoms with Crippen molar-refractivity contribution in [1.29, 1.82) is 5.41 Å². The Hall–Kier alpha value is -3.54. The zero-order chi connectivity index (χ0) is 18.5. The first kappa shape index (κ1) is 17.3. The second kappa shape index (κ2) is 7.57. The summed E-state index contributed by atoms with van der Waals surface area (Å²) in [5, 5.41) is 7.74. The molecule has 0 fully saturated rings. The van der Waals surface area contributed by atoms with Crippen LogP contribution in [0.2, 0.25) is 0 Å². The highest BCUT2D eigenvalue weighted by atomic mass is 16.5. The predicted molar refractivity (Wildman–Crippen MR) is 103 cm³/mol. The molecule has 5 N–H and O–H groups in total. The Morgan fingerprint density at radius 2 is 1.77 bits per heavy atom. The molecular weight excluding hydrogens is 328 g/mol. The van der Waals surface area contributed by atoms with Gasteiger partial charge < -0.3 is 20.9 Å². The molecule has 0 spiro atoms. The van der Waals surface area contributed by atoms with Crippen LogP contribution in [-0.4, -0.2) is 17.4 Å². The van der Waals surface area contributed by atoms with Gasteiger partial charge in [-0.05, 0) is 36.8 Å². The molecule has 0 amide bonds. The van der Waals surface area contributed by atoms with Crippen molar-refractivity contribution in [3.05, 3.63) is 66.5 Å². The van der Waals surface area contributed by atoms with Crippen molar-refractivity contribution in [2.24, 2.45) is 5.73 Å².